The first kappa shape index (κ1) is 25.3. The van der Waals surface area contributed by atoms with Gasteiger partial charge in [-0.15, -0.1) is 0 Å². The van der Waals surface area contributed by atoms with Gasteiger partial charge < -0.3 is 24.0 Å². The van der Waals surface area contributed by atoms with Crippen molar-refractivity contribution in [2.75, 3.05) is 65.5 Å². The summed E-state index contributed by atoms with van der Waals surface area (Å²) in [6, 6.07) is 4.45. The van der Waals surface area contributed by atoms with Gasteiger partial charge in [-0.3, -0.25) is 9.69 Å². The second-order valence-corrected chi connectivity index (χ2v) is 9.83. The third-order valence-electron chi connectivity index (χ3n) is 7.85. The molecule has 9 heteroatoms. The summed E-state index contributed by atoms with van der Waals surface area (Å²) in [5.41, 5.74) is 2.95. The maximum Gasteiger partial charge on any atom is 0.246 e. The molecule has 1 saturated carbocycles. The van der Waals surface area contributed by atoms with E-state index in [0.29, 0.717) is 30.3 Å². The van der Waals surface area contributed by atoms with E-state index < -0.39 is 0 Å². The van der Waals surface area contributed by atoms with Gasteiger partial charge in [0, 0.05) is 69.6 Å². The van der Waals surface area contributed by atoms with Crippen LogP contribution in [0.5, 0.6) is 17.2 Å². The van der Waals surface area contributed by atoms with E-state index in [2.05, 4.69) is 9.80 Å². The Balaban J connectivity index is 1.21. The number of anilines is 1. The molecule has 0 bridgehead atoms. The fourth-order valence-corrected chi connectivity index (χ4v) is 5.40. The van der Waals surface area contributed by atoms with Gasteiger partial charge in [-0.25, -0.2) is 9.97 Å². The van der Waals surface area contributed by atoms with Crippen LogP contribution in [0, 0.1) is 0 Å². The van der Waals surface area contributed by atoms with Crippen molar-refractivity contribution in [2.45, 2.75) is 38.1 Å². The summed E-state index contributed by atoms with van der Waals surface area (Å²) in [6.07, 6.45) is 10.9. The number of benzene rings is 1. The Hall–Kier alpha value is -3.33. The van der Waals surface area contributed by atoms with Crippen molar-refractivity contribution in [3.05, 3.63) is 41.2 Å². The predicted octanol–water partition coefficient (Wildman–Crippen LogP) is 2.82. The topological polar surface area (TPSA) is 80.3 Å². The normalized spacial score (nSPS) is 18.8. The molecule has 37 heavy (non-hydrogen) atoms. The average Bonchev–Trinajstić information content (AvgIpc) is 3.12. The van der Waals surface area contributed by atoms with Crippen molar-refractivity contribution in [1.82, 2.24) is 19.8 Å². The number of piperazine rings is 1. The van der Waals surface area contributed by atoms with Crippen molar-refractivity contribution in [1.29, 1.82) is 0 Å². The number of hydrogen-bond acceptors (Lipinski definition) is 8. The zero-order valence-corrected chi connectivity index (χ0v) is 22.1. The summed E-state index contributed by atoms with van der Waals surface area (Å²) in [7, 11) is 4.72. The zero-order chi connectivity index (χ0) is 25.8. The number of aromatic nitrogens is 2. The number of ether oxygens (including phenoxy) is 3. The van der Waals surface area contributed by atoms with Crippen molar-refractivity contribution < 1.29 is 19.0 Å². The standard InChI is InChI=1S/C28H37N5O4/c1-35-24-9-7-20(26(36-2)27(24)37-3)8-10-25(34)32-13-11-21-19-29-28(30-23(21)12-14-32)33-17-15-31(16-18-33)22-5-4-6-22/h7-10,19,22H,4-6,11-18H2,1-3H3. The SMILES string of the molecule is COc1ccc(C=CC(=O)N2CCc3cnc(N4CCN(C5CCC5)CC4)nc3CC2)c(OC)c1OC. The van der Waals surface area contributed by atoms with Gasteiger partial charge in [0.05, 0.1) is 27.0 Å². The number of carbonyl (C=O) groups is 1. The van der Waals surface area contributed by atoms with Crippen LogP contribution in [-0.2, 0) is 17.6 Å². The molecule has 0 atom stereocenters. The monoisotopic (exact) mass is 507 g/mol. The Morgan fingerprint density at radius 2 is 1.70 bits per heavy atom. The van der Waals surface area contributed by atoms with Crippen LogP contribution in [0.4, 0.5) is 5.95 Å². The summed E-state index contributed by atoms with van der Waals surface area (Å²) in [5.74, 6) is 2.40. The predicted molar refractivity (Wildman–Crippen MR) is 143 cm³/mol. The molecule has 1 aromatic heterocycles. The Kier molecular flexibility index (Phi) is 7.79. The highest BCUT2D eigenvalue weighted by atomic mass is 16.5. The summed E-state index contributed by atoms with van der Waals surface area (Å²) >= 11 is 0. The number of hydrogen-bond donors (Lipinski definition) is 0. The van der Waals surface area contributed by atoms with Crippen molar-refractivity contribution in [3.63, 3.8) is 0 Å². The highest BCUT2D eigenvalue weighted by molar-refractivity contribution is 5.92. The van der Waals surface area contributed by atoms with Crippen molar-refractivity contribution in [2.24, 2.45) is 0 Å². The highest BCUT2D eigenvalue weighted by Gasteiger charge is 2.29. The third kappa shape index (κ3) is 5.37. The molecular formula is C28H37N5O4. The smallest absolute Gasteiger partial charge is 0.246 e. The molecule has 1 amide bonds. The van der Waals surface area contributed by atoms with Crippen LogP contribution in [0.25, 0.3) is 6.08 Å². The first-order valence-corrected chi connectivity index (χ1v) is 13.2. The van der Waals surface area contributed by atoms with Gasteiger partial charge in [-0.05, 0) is 43.0 Å². The van der Waals surface area contributed by atoms with Crippen molar-refractivity contribution in [3.8, 4) is 17.2 Å². The minimum Gasteiger partial charge on any atom is -0.493 e. The molecule has 198 valence electrons. The highest BCUT2D eigenvalue weighted by Crippen LogP contribution is 2.40. The lowest BCUT2D eigenvalue weighted by atomic mass is 9.91. The molecular weight excluding hydrogens is 470 g/mol. The van der Waals surface area contributed by atoms with Crippen LogP contribution in [0.2, 0.25) is 0 Å². The number of methoxy groups -OCH3 is 3. The maximum absolute atomic E-state index is 13.1. The van der Waals surface area contributed by atoms with Crippen LogP contribution in [-0.4, -0.2) is 92.3 Å². The molecule has 2 aliphatic heterocycles. The van der Waals surface area contributed by atoms with Gasteiger partial charge >= 0.3 is 0 Å². The molecule has 3 heterocycles. The summed E-state index contributed by atoms with van der Waals surface area (Å²) in [6.45, 7) is 5.40. The van der Waals surface area contributed by atoms with Crippen LogP contribution in [0.1, 0.15) is 36.1 Å². The Morgan fingerprint density at radius 3 is 2.38 bits per heavy atom. The lowest BCUT2D eigenvalue weighted by Crippen LogP contribution is -2.52. The van der Waals surface area contributed by atoms with Gasteiger partial charge in [0.2, 0.25) is 17.6 Å². The minimum absolute atomic E-state index is 0.0371. The number of rotatable bonds is 7. The lowest BCUT2D eigenvalue weighted by molar-refractivity contribution is -0.125. The second-order valence-electron chi connectivity index (χ2n) is 9.83. The third-order valence-corrected chi connectivity index (χ3v) is 7.85. The Labute approximate surface area is 219 Å². The molecule has 1 aliphatic carbocycles. The fraction of sp³-hybridized carbons (Fsp3) is 0.536. The van der Waals surface area contributed by atoms with Gasteiger partial charge in [0.15, 0.2) is 11.5 Å². The molecule has 3 aliphatic rings. The summed E-state index contributed by atoms with van der Waals surface area (Å²) in [4.78, 5) is 29.5. The summed E-state index contributed by atoms with van der Waals surface area (Å²) in [5, 5.41) is 0. The largest absolute Gasteiger partial charge is 0.493 e. The van der Waals surface area contributed by atoms with Crippen LogP contribution >= 0.6 is 0 Å². The Bertz CT molecular complexity index is 1140. The van der Waals surface area contributed by atoms with E-state index >= 15 is 0 Å². The number of nitrogens with zero attached hydrogens (tertiary/aromatic N) is 5. The van der Waals surface area contributed by atoms with E-state index in [1.165, 1.54) is 19.3 Å². The first-order valence-electron chi connectivity index (χ1n) is 13.2. The Morgan fingerprint density at radius 1 is 0.946 bits per heavy atom. The van der Waals surface area contributed by atoms with Crippen molar-refractivity contribution >= 4 is 17.9 Å². The number of fused-ring (bicyclic) bond motifs is 1. The molecule has 0 spiro atoms. The molecule has 5 rings (SSSR count). The quantitative estimate of drug-likeness (QED) is 0.530. The van der Waals surface area contributed by atoms with Crippen LogP contribution in [0.3, 0.4) is 0 Å². The molecule has 2 aromatic rings. The molecule has 2 fully saturated rings. The van der Waals surface area contributed by atoms with E-state index in [-0.39, 0.29) is 5.91 Å². The molecule has 0 unspecified atom stereocenters. The minimum atomic E-state index is -0.0371. The molecule has 0 N–H and O–H groups in total. The lowest BCUT2D eigenvalue weighted by Gasteiger charge is -2.43. The van der Waals surface area contributed by atoms with E-state index in [0.717, 1.165) is 67.8 Å². The second kappa shape index (κ2) is 11.4. The van der Waals surface area contributed by atoms with Crippen LogP contribution < -0.4 is 19.1 Å². The molecule has 0 radical (unpaired) electrons. The van der Waals surface area contributed by atoms with E-state index in [4.69, 9.17) is 24.2 Å². The first-order chi connectivity index (χ1) is 18.1. The van der Waals surface area contributed by atoms with Gasteiger partial charge in [-0.1, -0.05) is 6.42 Å². The average molecular weight is 508 g/mol. The van der Waals surface area contributed by atoms with E-state index in [1.807, 2.05) is 17.2 Å². The van der Waals surface area contributed by atoms with E-state index in [9.17, 15) is 4.79 Å². The van der Waals surface area contributed by atoms with Gasteiger partial charge in [0.25, 0.3) is 0 Å². The van der Waals surface area contributed by atoms with Gasteiger partial charge in [-0.2, -0.15) is 0 Å². The summed E-state index contributed by atoms with van der Waals surface area (Å²) < 4.78 is 16.3. The zero-order valence-electron chi connectivity index (χ0n) is 22.1. The molecule has 9 nitrogen and oxygen atoms in total. The van der Waals surface area contributed by atoms with Crippen LogP contribution in [0.15, 0.2) is 24.4 Å². The fourth-order valence-electron chi connectivity index (χ4n) is 5.40. The van der Waals surface area contributed by atoms with E-state index in [1.54, 1.807) is 39.5 Å². The maximum atomic E-state index is 13.1. The molecule has 1 aromatic carbocycles. The number of carbonyl (C=O) groups excluding carboxylic acids is 1. The molecule has 1 saturated heterocycles. The van der Waals surface area contributed by atoms with Gasteiger partial charge in [0.1, 0.15) is 0 Å². The number of amides is 1.